The van der Waals surface area contributed by atoms with E-state index in [-0.39, 0.29) is 12.2 Å². The average Bonchev–Trinajstić information content (AvgIpc) is 3.22. The zero-order valence-corrected chi connectivity index (χ0v) is 18.7. The Kier molecular flexibility index (Phi) is 7.22. The van der Waals surface area contributed by atoms with Crippen LogP contribution in [0.5, 0.6) is 0 Å². The minimum absolute atomic E-state index is 0.181. The molecule has 1 aromatic carbocycles. The van der Waals surface area contributed by atoms with E-state index in [1.54, 1.807) is 0 Å². The molecule has 0 aromatic heterocycles. The van der Waals surface area contributed by atoms with Crippen LogP contribution in [0.4, 0.5) is 0 Å². The summed E-state index contributed by atoms with van der Waals surface area (Å²) in [5.74, 6) is 0. The van der Waals surface area contributed by atoms with E-state index in [9.17, 15) is 0 Å². The molecule has 2 aliphatic rings. The first-order valence-electron chi connectivity index (χ1n) is 10.0. The second-order valence-corrected chi connectivity index (χ2v) is 8.98. The molecule has 0 saturated heterocycles. The minimum atomic E-state index is 0.181. The van der Waals surface area contributed by atoms with Gasteiger partial charge in [-0.25, -0.2) is 0 Å². The summed E-state index contributed by atoms with van der Waals surface area (Å²) in [5.41, 5.74) is 5.91. The third kappa shape index (κ3) is 4.09. The van der Waals surface area contributed by atoms with Crippen molar-refractivity contribution in [3.05, 3.63) is 43.4 Å². The first-order valence-corrected chi connectivity index (χ1v) is 11.6. The van der Waals surface area contributed by atoms with Gasteiger partial charge in [-0.1, -0.05) is 64.5 Å². The highest BCUT2D eigenvalue weighted by Crippen LogP contribution is 2.53. The van der Waals surface area contributed by atoms with Crippen molar-refractivity contribution in [2.45, 2.75) is 90.3 Å². The number of hydrogen-bond acceptors (Lipinski definition) is 1. The molecule has 0 N–H and O–H groups in total. The SMILES string of the molecule is CCCCCCc1c(Br)c(Br)c(CCCCCC)c2c1C1C=CC2O1. The molecule has 0 fully saturated rings. The summed E-state index contributed by atoms with van der Waals surface area (Å²) in [6.45, 7) is 4.55. The molecule has 1 aromatic rings. The molecule has 2 bridgehead atoms. The highest BCUT2D eigenvalue weighted by molar-refractivity contribution is 9.13. The van der Waals surface area contributed by atoms with E-state index in [0.29, 0.717) is 0 Å². The highest BCUT2D eigenvalue weighted by atomic mass is 79.9. The number of rotatable bonds is 10. The van der Waals surface area contributed by atoms with Gasteiger partial charge in [0.1, 0.15) is 12.2 Å². The first kappa shape index (κ1) is 19.6. The van der Waals surface area contributed by atoms with E-state index in [1.807, 2.05) is 0 Å². The number of unbranched alkanes of at least 4 members (excludes halogenated alkanes) is 6. The monoisotopic (exact) mass is 468 g/mol. The maximum atomic E-state index is 6.24. The van der Waals surface area contributed by atoms with Crippen molar-refractivity contribution in [1.29, 1.82) is 0 Å². The van der Waals surface area contributed by atoms with Crippen LogP contribution in [0.15, 0.2) is 21.1 Å². The van der Waals surface area contributed by atoms with Crippen molar-refractivity contribution in [3.8, 4) is 0 Å². The Balaban J connectivity index is 1.88. The maximum Gasteiger partial charge on any atom is 0.103 e. The molecule has 25 heavy (non-hydrogen) atoms. The Morgan fingerprint density at radius 2 is 1.16 bits per heavy atom. The predicted octanol–water partition coefficient (Wildman–Crippen LogP) is 8.14. The van der Waals surface area contributed by atoms with Gasteiger partial charge in [0, 0.05) is 8.95 Å². The van der Waals surface area contributed by atoms with Gasteiger partial charge in [-0.15, -0.1) is 0 Å². The Morgan fingerprint density at radius 1 is 0.720 bits per heavy atom. The van der Waals surface area contributed by atoms with Gasteiger partial charge in [0.15, 0.2) is 0 Å². The van der Waals surface area contributed by atoms with Crippen LogP contribution in [0.2, 0.25) is 0 Å². The van der Waals surface area contributed by atoms with Crippen molar-refractivity contribution in [2.75, 3.05) is 0 Å². The van der Waals surface area contributed by atoms with Gasteiger partial charge in [0.05, 0.1) is 0 Å². The number of hydrogen-bond donors (Lipinski definition) is 0. The van der Waals surface area contributed by atoms with E-state index >= 15 is 0 Å². The summed E-state index contributed by atoms with van der Waals surface area (Å²) >= 11 is 7.84. The molecule has 3 rings (SSSR count). The molecule has 2 unspecified atom stereocenters. The molecule has 2 aliphatic heterocycles. The molecule has 2 atom stereocenters. The molecule has 0 saturated carbocycles. The van der Waals surface area contributed by atoms with Crippen LogP contribution in [0.1, 0.15) is 99.7 Å². The lowest BCUT2D eigenvalue weighted by Crippen LogP contribution is -2.07. The lowest BCUT2D eigenvalue weighted by atomic mass is 9.85. The highest BCUT2D eigenvalue weighted by Gasteiger charge is 2.39. The van der Waals surface area contributed by atoms with Crippen LogP contribution in [0.25, 0.3) is 0 Å². The van der Waals surface area contributed by atoms with Crippen LogP contribution in [0.3, 0.4) is 0 Å². The van der Waals surface area contributed by atoms with E-state index in [0.717, 1.165) is 12.8 Å². The summed E-state index contributed by atoms with van der Waals surface area (Å²) in [6.07, 6.45) is 17.6. The quantitative estimate of drug-likeness (QED) is 0.248. The molecule has 0 amide bonds. The summed E-state index contributed by atoms with van der Waals surface area (Å²) < 4.78 is 8.79. The van der Waals surface area contributed by atoms with Crippen molar-refractivity contribution in [3.63, 3.8) is 0 Å². The molecule has 1 nitrogen and oxygen atoms in total. The number of ether oxygens (including phenoxy) is 1. The van der Waals surface area contributed by atoms with Crippen molar-refractivity contribution >= 4 is 31.9 Å². The summed E-state index contributed by atoms with van der Waals surface area (Å²) in [7, 11) is 0. The van der Waals surface area contributed by atoms with Crippen LogP contribution in [-0.2, 0) is 17.6 Å². The molecule has 0 aliphatic carbocycles. The molecule has 3 heteroatoms. The number of benzene rings is 1. The summed E-state index contributed by atoms with van der Waals surface area (Å²) in [5, 5.41) is 0. The molecule has 138 valence electrons. The zero-order valence-electron chi connectivity index (χ0n) is 15.5. The second-order valence-electron chi connectivity index (χ2n) is 7.40. The molecule has 2 heterocycles. The zero-order chi connectivity index (χ0) is 17.8. The number of fused-ring (bicyclic) bond motifs is 5. The van der Waals surface area contributed by atoms with E-state index < -0.39 is 0 Å². The Morgan fingerprint density at radius 3 is 1.56 bits per heavy atom. The van der Waals surface area contributed by atoms with Gasteiger partial charge in [-0.2, -0.15) is 0 Å². The van der Waals surface area contributed by atoms with E-state index in [4.69, 9.17) is 4.74 Å². The Hall–Kier alpha value is -0.120. The van der Waals surface area contributed by atoms with Gasteiger partial charge >= 0.3 is 0 Å². The predicted molar refractivity (Wildman–Crippen MR) is 113 cm³/mol. The molecule has 0 spiro atoms. The van der Waals surface area contributed by atoms with Crippen LogP contribution < -0.4 is 0 Å². The van der Waals surface area contributed by atoms with Crippen LogP contribution in [-0.4, -0.2) is 0 Å². The smallest absolute Gasteiger partial charge is 0.103 e. The van der Waals surface area contributed by atoms with Gasteiger partial charge in [-0.05, 0) is 79.8 Å². The van der Waals surface area contributed by atoms with Gasteiger partial charge in [-0.3, -0.25) is 0 Å². The lowest BCUT2D eigenvalue weighted by molar-refractivity contribution is 0.0873. The molecular formula is C22H30Br2O. The lowest BCUT2D eigenvalue weighted by Gasteiger charge is -2.21. The molecule has 0 radical (unpaired) electrons. The van der Waals surface area contributed by atoms with Crippen molar-refractivity contribution in [1.82, 2.24) is 0 Å². The fourth-order valence-corrected chi connectivity index (χ4v) is 5.50. The van der Waals surface area contributed by atoms with E-state index in [2.05, 4.69) is 57.9 Å². The largest absolute Gasteiger partial charge is 0.357 e. The van der Waals surface area contributed by atoms with Gasteiger partial charge in [0.2, 0.25) is 0 Å². The van der Waals surface area contributed by atoms with Gasteiger partial charge < -0.3 is 4.74 Å². The van der Waals surface area contributed by atoms with E-state index in [1.165, 1.54) is 82.6 Å². The third-order valence-corrected chi connectivity index (χ3v) is 7.83. The summed E-state index contributed by atoms with van der Waals surface area (Å²) in [6, 6.07) is 0. The Bertz CT molecular complexity index is 583. The average molecular weight is 470 g/mol. The van der Waals surface area contributed by atoms with Crippen LogP contribution >= 0.6 is 31.9 Å². The van der Waals surface area contributed by atoms with Crippen LogP contribution in [0, 0.1) is 0 Å². The first-order chi connectivity index (χ1) is 12.2. The fourth-order valence-electron chi connectivity index (χ4n) is 4.20. The van der Waals surface area contributed by atoms with Crippen molar-refractivity contribution in [2.24, 2.45) is 0 Å². The number of halogens is 2. The Labute approximate surface area is 169 Å². The minimum Gasteiger partial charge on any atom is -0.357 e. The second kappa shape index (κ2) is 9.19. The fraction of sp³-hybridized carbons (Fsp3) is 0.636. The van der Waals surface area contributed by atoms with Crippen molar-refractivity contribution < 1.29 is 4.74 Å². The normalized spacial score (nSPS) is 20.5. The standard InChI is InChI=1S/C22H30Br2O/c1-3-5-7-9-11-15-19-17-13-14-18(25-17)20(19)16(22(24)21(15)23)12-10-8-6-4-2/h13-14,17-18H,3-12H2,1-2H3. The third-order valence-electron chi connectivity index (χ3n) is 5.55. The maximum absolute atomic E-state index is 6.24. The topological polar surface area (TPSA) is 9.23 Å². The molecular weight excluding hydrogens is 440 g/mol. The van der Waals surface area contributed by atoms with Gasteiger partial charge in [0.25, 0.3) is 0 Å². The summed E-state index contributed by atoms with van der Waals surface area (Å²) in [4.78, 5) is 0.